The molecule has 0 unspecified atom stereocenters. The Labute approximate surface area is 63.4 Å². The van der Waals surface area contributed by atoms with Crippen LogP contribution in [0.4, 0.5) is 6.01 Å². The molecule has 0 spiro atoms. The molecule has 0 aliphatic rings. The first-order chi connectivity index (χ1) is 5.14. The molecule has 1 heterocycles. The van der Waals surface area contributed by atoms with Crippen molar-refractivity contribution >= 4 is 16.3 Å². The van der Waals surface area contributed by atoms with Gasteiger partial charge in [-0.3, -0.25) is 4.18 Å². The van der Waals surface area contributed by atoms with Crippen LogP contribution < -0.4 is 4.72 Å². The Hall–Kier alpha value is -1.08. The molecule has 0 aliphatic heterocycles. The monoisotopic (exact) mass is 178 g/mol. The third-order valence-corrected chi connectivity index (χ3v) is 1.73. The van der Waals surface area contributed by atoms with Crippen molar-refractivity contribution in [2.24, 2.45) is 0 Å². The van der Waals surface area contributed by atoms with E-state index in [2.05, 4.69) is 13.6 Å². The quantitative estimate of drug-likeness (QED) is 0.703. The predicted molar refractivity (Wildman–Crippen MR) is 36.1 cm³/mol. The fourth-order valence-electron chi connectivity index (χ4n) is 0.422. The summed E-state index contributed by atoms with van der Waals surface area (Å²) in [4.78, 5) is 3.51. The average molecular weight is 178 g/mol. The zero-order valence-electron chi connectivity index (χ0n) is 5.64. The Morgan fingerprint density at radius 1 is 1.73 bits per heavy atom. The predicted octanol–water partition coefficient (Wildman–Crippen LogP) is -0.0223. The van der Waals surface area contributed by atoms with Crippen molar-refractivity contribution < 1.29 is 17.0 Å². The highest BCUT2D eigenvalue weighted by molar-refractivity contribution is 7.88. The van der Waals surface area contributed by atoms with Crippen molar-refractivity contribution in [3.05, 3.63) is 12.5 Å². The molecule has 0 aromatic carbocycles. The Morgan fingerprint density at radius 3 is 2.91 bits per heavy atom. The average Bonchev–Trinajstić information content (AvgIpc) is 2.39. The van der Waals surface area contributed by atoms with Crippen LogP contribution in [0.1, 0.15) is 0 Å². The topological polar surface area (TPSA) is 81.4 Å². The molecule has 1 rings (SSSR count). The minimum Gasteiger partial charge on any atom is -0.431 e. The molecule has 1 aromatic rings. The van der Waals surface area contributed by atoms with Gasteiger partial charge in [0.15, 0.2) is 0 Å². The molecule has 0 saturated heterocycles. The van der Waals surface area contributed by atoms with E-state index in [1.54, 1.807) is 0 Å². The molecule has 0 bridgehead atoms. The maximum Gasteiger partial charge on any atom is 0.363 e. The summed E-state index contributed by atoms with van der Waals surface area (Å²) >= 11 is 0. The molecular weight excluding hydrogens is 172 g/mol. The summed E-state index contributed by atoms with van der Waals surface area (Å²) in [5.41, 5.74) is 0. The van der Waals surface area contributed by atoms with Crippen molar-refractivity contribution in [3.63, 3.8) is 0 Å². The van der Waals surface area contributed by atoms with Crippen molar-refractivity contribution in [2.45, 2.75) is 0 Å². The number of rotatable bonds is 3. The second kappa shape index (κ2) is 2.89. The van der Waals surface area contributed by atoms with Gasteiger partial charge in [-0.25, -0.2) is 9.71 Å². The number of nitrogens with one attached hydrogen (secondary N) is 1. The number of aromatic nitrogens is 1. The van der Waals surface area contributed by atoms with E-state index >= 15 is 0 Å². The number of oxazole rings is 1. The summed E-state index contributed by atoms with van der Waals surface area (Å²) in [5, 5.41) is 0. The standard InChI is InChI=1S/C4H6N2O4S/c1-9-11(7,8)6-4-5-2-3-10-4/h2-3H,1H3,(H,5,6). The number of hydrogen-bond acceptors (Lipinski definition) is 5. The van der Waals surface area contributed by atoms with Crippen LogP contribution in [0, 0.1) is 0 Å². The number of nitrogens with zero attached hydrogens (tertiary/aromatic N) is 1. The van der Waals surface area contributed by atoms with Gasteiger partial charge < -0.3 is 4.42 Å². The second-order valence-corrected chi connectivity index (χ2v) is 3.01. The van der Waals surface area contributed by atoms with Gasteiger partial charge in [-0.2, -0.15) is 8.42 Å². The molecule has 11 heavy (non-hydrogen) atoms. The van der Waals surface area contributed by atoms with Gasteiger partial charge in [0.05, 0.1) is 13.3 Å². The van der Waals surface area contributed by atoms with E-state index in [1.807, 2.05) is 4.72 Å². The largest absolute Gasteiger partial charge is 0.431 e. The molecule has 1 aromatic heterocycles. The number of anilines is 1. The van der Waals surface area contributed by atoms with Crippen molar-refractivity contribution in [1.29, 1.82) is 0 Å². The van der Waals surface area contributed by atoms with Crippen LogP contribution in [-0.2, 0) is 14.5 Å². The lowest BCUT2D eigenvalue weighted by molar-refractivity contribution is 0.401. The van der Waals surface area contributed by atoms with Crippen LogP contribution in [0.25, 0.3) is 0 Å². The van der Waals surface area contributed by atoms with Gasteiger partial charge in [0, 0.05) is 0 Å². The first-order valence-corrected chi connectivity index (χ1v) is 4.03. The van der Waals surface area contributed by atoms with Crippen LogP contribution in [0.3, 0.4) is 0 Å². The van der Waals surface area contributed by atoms with Gasteiger partial charge >= 0.3 is 16.3 Å². The van der Waals surface area contributed by atoms with E-state index in [0.29, 0.717) is 0 Å². The SMILES string of the molecule is COS(=O)(=O)Nc1ncco1. The zero-order chi connectivity index (χ0) is 8.32. The Morgan fingerprint density at radius 2 is 2.45 bits per heavy atom. The van der Waals surface area contributed by atoms with Crippen LogP contribution >= 0.6 is 0 Å². The third-order valence-electron chi connectivity index (χ3n) is 0.864. The highest BCUT2D eigenvalue weighted by Crippen LogP contribution is 2.03. The van der Waals surface area contributed by atoms with E-state index in [1.165, 1.54) is 12.5 Å². The molecular formula is C4H6N2O4S. The Balaban J connectivity index is 2.72. The summed E-state index contributed by atoms with van der Waals surface area (Å²) in [6, 6.07) is -0.119. The molecule has 0 fully saturated rings. The molecule has 0 atom stereocenters. The zero-order valence-corrected chi connectivity index (χ0v) is 6.46. The molecule has 0 saturated carbocycles. The number of hydrogen-bond donors (Lipinski definition) is 1. The lowest BCUT2D eigenvalue weighted by Crippen LogP contribution is -2.13. The molecule has 0 radical (unpaired) electrons. The van der Waals surface area contributed by atoms with E-state index in [0.717, 1.165) is 7.11 Å². The summed E-state index contributed by atoms with van der Waals surface area (Å²) in [6.45, 7) is 0. The molecule has 62 valence electrons. The first-order valence-electron chi connectivity index (χ1n) is 2.62. The van der Waals surface area contributed by atoms with Crippen molar-refractivity contribution in [2.75, 3.05) is 11.8 Å². The van der Waals surface area contributed by atoms with Gasteiger partial charge in [0.1, 0.15) is 6.26 Å². The first kappa shape index (κ1) is 8.02. The minimum absolute atomic E-state index is 0.119. The van der Waals surface area contributed by atoms with Gasteiger partial charge in [0.2, 0.25) is 0 Å². The maximum atomic E-state index is 10.6. The Kier molecular flexibility index (Phi) is 2.11. The molecule has 6 nitrogen and oxygen atoms in total. The summed E-state index contributed by atoms with van der Waals surface area (Å²) in [7, 11) is -2.72. The lowest BCUT2D eigenvalue weighted by Gasteiger charge is -1.98. The molecule has 1 N–H and O–H groups in total. The van der Waals surface area contributed by atoms with E-state index < -0.39 is 10.3 Å². The van der Waals surface area contributed by atoms with Crippen LogP contribution in [0.15, 0.2) is 16.9 Å². The van der Waals surface area contributed by atoms with Gasteiger partial charge in [-0.15, -0.1) is 0 Å². The van der Waals surface area contributed by atoms with Gasteiger partial charge in [0.25, 0.3) is 0 Å². The summed E-state index contributed by atoms with van der Waals surface area (Å²) in [5.74, 6) is 0. The summed E-state index contributed by atoms with van der Waals surface area (Å²) in [6.07, 6.45) is 2.56. The Bertz CT molecular complexity index is 303. The normalized spacial score (nSPS) is 11.4. The van der Waals surface area contributed by atoms with Crippen molar-refractivity contribution in [3.8, 4) is 0 Å². The molecule has 0 aliphatic carbocycles. The lowest BCUT2D eigenvalue weighted by atomic mass is 11.0. The van der Waals surface area contributed by atoms with Crippen LogP contribution in [0.2, 0.25) is 0 Å². The fourth-order valence-corrected chi connectivity index (χ4v) is 0.820. The second-order valence-electron chi connectivity index (χ2n) is 1.56. The molecule has 7 heteroatoms. The van der Waals surface area contributed by atoms with Gasteiger partial charge in [-0.05, 0) is 0 Å². The van der Waals surface area contributed by atoms with E-state index in [4.69, 9.17) is 0 Å². The molecule has 0 amide bonds. The van der Waals surface area contributed by atoms with Crippen molar-refractivity contribution in [1.82, 2.24) is 4.98 Å². The maximum absolute atomic E-state index is 10.6. The van der Waals surface area contributed by atoms with Crippen LogP contribution in [-0.4, -0.2) is 20.5 Å². The van der Waals surface area contributed by atoms with Gasteiger partial charge in [-0.1, -0.05) is 0 Å². The highest BCUT2D eigenvalue weighted by Gasteiger charge is 2.09. The summed E-state index contributed by atoms with van der Waals surface area (Å²) < 4.78 is 31.8. The smallest absolute Gasteiger partial charge is 0.363 e. The third kappa shape index (κ3) is 2.20. The van der Waals surface area contributed by atoms with Crippen LogP contribution in [0.5, 0.6) is 0 Å². The minimum atomic E-state index is -3.75. The highest BCUT2D eigenvalue weighted by atomic mass is 32.2. The van der Waals surface area contributed by atoms with E-state index in [9.17, 15) is 8.42 Å². The fraction of sp³-hybridized carbons (Fsp3) is 0.250. The van der Waals surface area contributed by atoms with E-state index in [-0.39, 0.29) is 6.01 Å².